The van der Waals surface area contributed by atoms with Crippen molar-refractivity contribution in [1.82, 2.24) is 15.6 Å². The molecule has 2 amide bonds. The molecule has 59 heavy (non-hydrogen) atoms. The van der Waals surface area contributed by atoms with Gasteiger partial charge in [-0.1, -0.05) is 71.8 Å². The normalized spacial score (nSPS) is 11.5. The average molecular weight is 811 g/mol. The number of hydrogen-bond acceptors (Lipinski definition) is 10. The third-order valence-corrected chi connectivity index (χ3v) is 9.32. The predicted molar refractivity (Wildman–Crippen MR) is 227 cm³/mol. The number of hydrogen-bond donors (Lipinski definition) is 2. The molecule has 1 heterocycles. The number of ether oxygens (including phenoxy) is 5. The highest BCUT2D eigenvalue weighted by molar-refractivity contribution is 5.96. The number of rotatable bonds is 31. The van der Waals surface area contributed by atoms with Gasteiger partial charge in [-0.15, -0.1) is 0 Å². The first kappa shape index (κ1) is 46.5. The highest BCUT2D eigenvalue weighted by Gasteiger charge is 2.19. The summed E-state index contributed by atoms with van der Waals surface area (Å²) in [5, 5.41) is 11.4. The first-order valence-electron chi connectivity index (χ1n) is 20.4. The Labute approximate surface area is 346 Å². The molecule has 3 aromatic carbocycles. The van der Waals surface area contributed by atoms with E-state index in [1.54, 1.807) is 6.20 Å². The van der Waals surface area contributed by atoms with Gasteiger partial charge in [-0.25, -0.2) is 0 Å². The van der Waals surface area contributed by atoms with Crippen LogP contribution in [0.25, 0.3) is 32.3 Å². The van der Waals surface area contributed by atoms with Crippen molar-refractivity contribution in [3.8, 4) is 11.1 Å². The van der Waals surface area contributed by atoms with Gasteiger partial charge in [0.25, 0.3) is 0 Å². The van der Waals surface area contributed by atoms with E-state index in [0.717, 1.165) is 51.6 Å². The molecule has 2 N–H and O–H groups in total. The molecule has 0 aliphatic heterocycles. The van der Waals surface area contributed by atoms with Crippen molar-refractivity contribution in [1.29, 1.82) is 0 Å². The number of carbonyl (C=O) groups is 3. The Hall–Kier alpha value is -5.21. The maximum Gasteiger partial charge on any atom is 0.239 e. The molecule has 0 radical (unpaired) electrons. The molecule has 1 atom stereocenters. The molecule has 4 aromatic rings. The zero-order valence-corrected chi connectivity index (χ0v) is 34.2. The van der Waals surface area contributed by atoms with E-state index in [2.05, 4.69) is 49.9 Å². The zero-order chi connectivity index (χ0) is 41.8. The summed E-state index contributed by atoms with van der Waals surface area (Å²) >= 11 is 0. The lowest BCUT2D eigenvalue weighted by Crippen LogP contribution is -2.39. The zero-order valence-electron chi connectivity index (χ0n) is 34.2. The summed E-state index contributed by atoms with van der Waals surface area (Å²) in [5.74, 6) is -0.550. The highest BCUT2D eigenvalue weighted by Crippen LogP contribution is 2.30. The Balaban J connectivity index is 1.16. The lowest BCUT2D eigenvalue weighted by molar-refractivity contribution is -0.127. The number of pyridine rings is 1. The van der Waals surface area contributed by atoms with Gasteiger partial charge in [0.05, 0.1) is 72.0 Å². The third-order valence-electron chi connectivity index (χ3n) is 9.32. The van der Waals surface area contributed by atoms with E-state index in [1.165, 1.54) is 0 Å². The van der Waals surface area contributed by atoms with Crippen molar-refractivity contribution >= 4 is 28.4 Å². The Morgan fingerprint density at radius 1 is 0.729 bits per heavy atom. The van der Waals surface area contributed by atoms with Gasteiger partial charge in [-0.05, 0) is 83.3 Å². The molecule has 14 heteroatoms. The summed E-state index contributed by atoms with van der Waals surface area (Å²) in [5.41, 5.74) is 13.3. The fraction of sp³-hybridized carbons (Fsp3) is 0.467. The van der Waals surface area contributed by atoms with Gasteiger partial charge in [-0.3, -0.25) is 19.4 Å². The molecule has 14 nitrogen and oxygen atoms in total. The van der Waals surface area contributed by atoms with Crippen LogP contribution in [-0.2, 0) is 44.5 Å². The summed E-state index contributed by atoms with van der Waals surface area (Å²) in [4.78, 5) is 45.9. The van der Waals surface area contributed by atoms with Gasteiger partial charge in [0, 0.05) is 49.2 Å². The molecule has 0 spiro atoms. The van der Waals surface area contributed by atoms with Crippen LogP contribution < -0.4 is 10.6 Å². The SMILES string of the molecule is Cc1ccnc(CCCCC(=O)NCC(=O)N[C@@H](CC(=O)CCCOCCOCCOCCOCCOCCN=[N+]=[N-])c2ccc(-c3cccc4ccccc34)cc2)c1. The average Bonchev–Trinajstić information content (AvgIpc) is 3.25. The second-order valence-electron chi connectivity index (χ2n) is 13.9. The molecule has 0 bridgehead atoms. The van der Waals surface area contributed by atoms with Gasteiger partial charge in [0.15, 0.2) is 0 Å². The fourth-order valence-corrected chi connectivity index (χ4v) is 6.30. The van der Waals surface area contributed by atoms with E-state index in [0.29, 0.717) is 98.3 Å². The molecule has 0 saturated carbocycles. The molecule has 0 aliphatic rings. The summed E-state index contributed by atoms with van der Waals surface area (Å²) < 4.78 is 27.4. The number of ketones is 1. The predicted octanol–water partition coefficient (Wildman–Crippen LogP) is 7.03. The number of aromatic nitrogens is 1. The number of azide groups is 1. The van der Waals surface area contributed by atoms with Crippen LogP contribution >= 0.6 is 0 Å². The quantitative estimate of drug-likeness (QED) is 0.0233. The monoisotopic (exact) mass is 810 g/mol. The molecule has 0 fully saturated rings. The summed E-state index contributed by atoms with van der Waals surface area (Å²) in [6.45, 7) is 6.35. The Morgan fingerprint density at radius 3 is 2.08 bits per heavy atom. The lowest BCUT2D eigenvalue weighted by atomic mass is 9.94. The van der Waals surface area contributed by atoms with Gasteiger partial charge in [0.2, 0.25) is 11.8 Å². The second-order valence-corrected chi connectivity index (χ2v) is 13.9. The lowest BCUT2D eigenvalue weighted by Gasteiger charge is -2.20. The standard InChI is InChI=1S/C45H58N6O8/c1-35-19-20-47-39(32-35)10-3-5-14-44(53)48-34-45(54)50-43(38-17-15-37(16-18-38)42-13-6-9-36-8-2-4-12-41(36)42)33-40(52)11-7-22-55-24-26-57-28-30-59-31-29-58-27-25-56-23-21-49-51-46/h2,4,6,8-9,12-13,15-20,32,43H,3,5,7,10-11,14,21-31,33-34H2,1H3,(H,48,53)(H,50,54)/t43-/m0/s1. The van der Waals surface area contributed by atoms with Crippen molar-refractivity contribution in [2.45, 2.75) is 57.9 Å². The first-order valence-corrected chi connectivity index (χ1v) is 20.4. The number of fused-ring (bicyclic) bond motifs is 1. The van der Waals surface area contributed by atoms with Crippen LogP contribution in [-0.4, -0.2) is 102 Å². The Morgan fingerprint density at radius 2 is 1.39 bits per heavy atom. The van der Waals surface area contributed by atoms with E-state index in [4.69, 9.17) is 29.2 Å². The minimum Gasteiger partial charge on any atom is -0.379 e. The molecule has 4 rings (SSSR count). The van der Waals surface area contributed by atoms with Gasteiger partial charge in [0.1, 0.15) is 5.78 Å². The molecule has 1 aromatic heterocycles. The van der Waals surface area contributed by atoms with E-state index in [-0.39, 0.29) is 30.6 Å². The third kappa shape index (κ3) is 18.9. The number of aryl methyl sites for hydroxylation is 2. The van der Waals surface area contributed by atoms with Gasteiger partial charge >= 0.3 is 0 Å². The van der Waals surface area contributed by atoms with Crippen molar-refractivity contribution in [2.75, 3.05) is 79.2 Å². The van der Waals surface area contributed by atoms with Crippen LogP contribution in [0.4, 0.5) is 0 Å². The molecular formula is C45H58N6O8. The summed E-state index contributed by atoms with van der Waals surface area (Å²) in [7, 11) is 0. The molecule has 316 valence electrons. The maximum atomic E-state index is 13.2. The van der Waals surface area contributed by atoms with Crippen molar-refractivity contribution in [3.63, 3.8) is 0 Å². The highest BCUT2D eigenvalue weighted by atomic mass is 16.6. The fourth-order valence-electron chi connectivity index (χ4n) is 6.30. The molecule has 0 saturated heterocycles. The van der Waals surface area contributed by atoms with E-state index < -0.39 is 6.04 Å². The van der Waals surface area contributed by atoms with Crippen LogP contribution in [0.1, 0.15) is 61.4 Å². The van der Waals surface area contributed by atoms with Crippen LogP contribution in [0, 0.1) is 6.92 Å². The van der Waals surface area contributed by atoms with Crippen LogP contribution in [0.15, 0.2) is 90.2 Å². The topological polar surface area (TPSA) is 183 Å². The summed E-state index contributed by atoms with van der Waals surface area (Å²) in [6.07, 6.45) is 5.37. The number of benzene rings is 3. The first-order chi connectivity index (χ1) is 28.9. The van der Waals surface area contributed by atoms with E-state index in [9.17, 15) is 14.4 Å². The van der Waals surface area contributed by atoms with E-state index >= 15 is 0 Å². The van der Waals surface area contributed by atoms with E-state index in [1.807, 2.05) is 61.5 Å². The molecular weight excluding hydrogens is 753 g/mol. The van der Waals surface area contributed by atoms with Crippen molar-refractivity contribution < 1.29 is 38.1 Å². The minimum absolute atomic E-state index is 0.000561. The van der Waals surface area contributed by atoms with Crippen molar-refractivity contribution in [3.05, 3.63) is 112 Å². The number of unbranched alkanes of at least 4 members (excludes halogenated alkanes) is 1. The van der Waals surface area contributed by atoms with Crippen LogP contribution in [0.5, 0.6) is 0 Å². The van der Waals surface area contributed by atoms with Crippen molar-refractivity contribution in [2.24, 2.45) is 5.11 Å². The van der Waals surface area contributed by atoms with Gasteiger partial charge in [-0.2, -0.15) is 0 Å². The Kier molecular flexibility index (Phi) is 22.3. The smallest absolute Gasteiger partial charge is 0.239 e. The summed E-state index contributed by atoms with van der Waals surface area (Å²) in [6, 6.07) is 25.8. The largest absolute Gasteiger partial charge is 0.379 e. The second kappa shape index (κ2) is 28.3. The molecule has 0 aliphatic carbocycles. The van der Waals surface area contributed by atoms with Crippen LogP contribution in [0.3, 0.4) is 0 Å². The number of amides is 2. The number of nitrogens with zero attached hydrogens (tertiary/aromatic N) is 4. The number of carbonyl (C=O) groups excluding carboxylic acids is 3. The molecule has 0 unspecified atom stereocenters. The number of nitrogens with one attached hydrogen (secondary N) is 2. The Bertz CT molecular complexity index is 1900. The number of Topliss-reactive ketones (excluding diaryl/α,β-unsaturated/α-hetero) is 1. The maximum absolute atomic E-state index is 13.2. The van der Waals surface area contributed by atoms with Gasteiger partial charge < -0.3 is 34.3 Å². The van der Waals surface area contributed by atoms with Crippen LogP contribution in [0.2, 0.25) is 0 Å². The minimum atomic E-state index is -0.561.